The average Bonchev–Trinajstić information content (AvgIpc) is 2.90. The van der Waals surface area contributed by atoms with Crippen LogP contribution in [0.5, 0.6) is 0 Å². The molecule has 2 rings (SSSR count). The fourth-order valence-electron chi connectivity index (χ4n) is 3.24. The maximum atomic E-state index is 14.6. The number of nitrogens with zero attached hydrogens (tertiary/aromatic N) is 2. The molecule has 0 aromatic heterocycles. The lowest BCUT2D eigenvalue weighted by Crippen LogP contribution is -2.44. The Morgan fingerprint density at radius 3 is 2.54 bits per heavy atom. The molecule has 9 heteroatoms. The maximum Gasteiger partial charge on any atom is 0.325 e. The Labute approximate surface area is 162 Å². The van der Waals surface area contributed by atoms with Crippen molar-refractivity contribution in [1.29, 1.82) is 0 Å². The predicted octanol–water partition coefficient (Wildman–Crippen LogP) is 0.490. The van der Waals surface area contributed by atoms with E-state index in [9.17, 15) is 23.6 Å². The van der Waals surface area contributed by atoms with Crippen LogP contribution in [0, 0.1) is 5.82 Å². The molecule has 1 saturated heterocycles. The summed E-state index contributed by atoms with van der Waals surface area (Å²) in [6.07, 6.45) is -0.788. The number of esters is 1. The molecule has 1 fully saturated rings. The summed E-state index contributed by atoms with van der Waals surface area (Å²) in [4.78, 5) is 51.9. The molecule has 152 valence electrons. The van der Waals surface area contributed by atoms with Crippen LogP contribution in [0.2, 0.25) is 0 Å². The van der Waals surface area contributed by atoms with Gasteiger partial charge < -0.3 is 14.4 Å². The number of hydrogen-bond acceptors (Lipinski definition) is 6. The number of rotatable bonds is 8. The molecular formula is C19H23FN2O6. The van der Waals surface area contributed by atoms with Crippen molar-refractivity contribution in [2.75, 3.05) is 41.0 Å². The third-order valence-electron chi connectivity index (χ3n) is 4.79. The molecule has 0 radical (unpaired) electrons. The number of carbonyl (C=O) groups excluding carboxylic acids is 4. The first kappa shape index (κ1) is 21.5. The lowest BCUT2D eigenvalue weighted by molar-refractivity contribution is -0.147. The first-order valence-corrected chi connectivity index (χ1v) is 8.66. The molecule has 0 spiro atoms. The van der Waals surface area contributed by atoms with E-state index in [1.54, 1.807) is 6.07 Å². The van der Waals surface area contributed by atoms with E-state index in [2.05, 4.69) is 4.74 Å². The van der Waals surface area contributed by atoms with Crippen molar-refractivity contribution >= 4 is 23.7 Å². The Bertz CT molecular complexity index is 783. The van der Waals surface area contributed by atoms with Gasteiger partial charge >= 0.3 is 5.97 Å². The third kappa shape index (κ3) is 4.19. The van der Waals surface area contributed by atoms with Gasteiger partial charge in [-0.1, -0.05) is 18.2 Å². The van der Waals surface area contributed by atoms with Gasteiger partial charge in [-0.3, -0.25) is 24.1 Å². The number of halogens is 1. The molecule has 0 bridgehead atoms. The Morgan fingerprint density at radius 1 is 1.25 bits per heavy atom. The lowest BCUT2D eigenvalue weighted by atomic mass is 9.75. The predicted molar refractivity (Wildman–Crippen MR) is 95.6 cm³/mol. The van der Waals surface area contributed by atoms with E-state index in [1.165, 1.54) is 39.5 Å². The van der Waals surface area contributed by atoms with Crippen LogP contribution in [-0.4, -0.2) is 74.5 Å². The zero-order valence-corrected chi connectivity index (χ0v) is 16.1. The van der Waals surface area contributed by atoms with Gasteiger partial charge in [-0.05, 0) is 6.07 Å². The van der Waals surface area contributed by atoms with E-state index in [0.29, 0.717) is 0 Å². The van der Waals surface area contributed by atoms with Crippen LogP contribution in [0.1, 0.15) is 18.4 Å². The van der Waals surface area contributed by atoms with E-state index in [4.69, 9.17) is 4.74 Å². The lowest BCUT2D eigenvalue weighted by Gasteiger charge is -2.29. The number of imide groups is 1. The first-order chi connectivity index (χ1) is 13.3. The molecule has 3 amide bonds. The standard InChI is InChI=1S/C19H23FN2O6/c1-21(12-17(25)28-3)15(23)10-19(13-6-4-5-7-14(13)20)11-16(24)22(18(19)26)8-9-27-2/h4-7H,8-12H2,1-3H3/t19-/m0/s1. The van der Waals surface area contributed by atoms with Crippen molar-refractivity contribution in [2.45, 2.75) is 18.3 Å². The van der Waals surface area contributed by atoms with Crippen LogP contribution in [0.3, 0.4) is 0 Å². The number of amides is 3. The molecule has 1 aromatic rings. The van der Waals surface area contributed by atoms with Gasteiger partial charge in [0, 0.05) is 32.6 Å². The highest BCUT2D eigenvalue weighted by molar-refractivity contribution is 6.10. The first-order valence-electron chi connectivity index (χ1n) is 8.66. The second-order valence-electron chi connectivity index (χ2n) is 6.58. The largest absolute Gasteiger partial charge is 0.468 e. The van der Waals surface area contributed by atoms with E-state index in [0.717, 1.165) is 9.80 Å². The Balaban J connectivity index is 2.40. The van der Waals surface area contributed by atoms with Crippen LogP contribution in [0.25, 0.3) is 0 Å². The Kier molecular flexibility index (Phi) is 6.85. The molecule has 0 N–H and O–H groups in total. The van der Waals surface area contributed by atoms with Gasteiger partial charge in [0.25, 0.3) is 0 Å². The highest BCUT2D eigenvalue weighted by Gasteiger charge is 2.54. The number of carbonyl (C=O) groups is 4. The Morgan fingerprint density at radius 2 is 1.93 bits per heavy atom. The smallest absolute Gasteiger partial charge is 0.325 e. The second kappa shape index (κ2) is 8.92. The normalized spacial score (nSPS) is 19.1. The average molecular weight is 394 g/mol. The number of likely N-dealkylation sites (tertiary alicyclic amines) is 1. The van der Waals surface area contributed by atoms with Crippen molar-refractivity contribution in [2.24, 2.45) is 0 Å². The van der Waals surface area contributed by atoms with E-state index < -0.39 is 41.3 Å². The summed E-state index contributed by atoms with van der Waals surface area (Å²) >= 11 is 0. The molecule has 28 heavy (non-hydrogen) atoms. The molecule has 0 saturated carbocycles. The van der Waals surface area contributed by atoms with Crippen LogP contribution in [-0.2, 0) is 34.1 Å². The number of ether oxygens (including phenoxy) is 2. The van der Waals surface area contributed by atoms with Crippen LogP contribution in [0.4, 0.5) is 4.39 Å². The van der Waals surface area contributed by atoms with Gasteiger partial charge in [-0.25, -0.2) is 4.39 Å². The third-order valence-corrected chi connectivity index (χ3v) is 4.79. The van der Waals surface area contributed by atoms with Crippen molar-refractivity contribution in [3.8, 4) is 0 Å². The Hall–Kier alpha value is -2.81. The highest BCUT2D eigenvalue weighted by Crippen LogP contribution is 2.41. The molecule has 0 aliphatic carbocycles. The van der Waals surface area contributed by atoms with Crippen molar-refractivity contribution < 1.29 is 33.0 Å². The summed E-state index contributed by atoms with van der Waals surface area (Å²) in [6.45, 7) is -0.185. The minimum Gasteiger partial charge on any atom is -0.468 e. The quantitative estimate of drug-likeness (QED) is 0.471. The van der Waals surface area contributed by atoms with Gasteiger partial charge in [-0.15, -0.1) is 0 Å². The summed E-state index contributed by atoms with van der Waals surface area (Å²) in [5, 5.41) is 0. The molecular weight excluding hydrogens is 371 g/mol. The number of benzene rings is 1. The monoisotopic (exact) mass is 394 g/mol. The molecule has 1 heterocycles. The number of methoxy groups -OCH3 is 2. The summed E-state index contributed by atoms with van der Waals surface area (Å²) in [6, 6.07) is 5.57. The number of hydrogen-bond donors (Lipinski definition) is 0. The van der Waals surface area contributed by atoms with Crippen LogP contribution < -0.4 is 0 Å². The second-order valence-corrected chi connectivity index (χ2v) is 6.58. The van der Waals surface area contributed by atoms with Gasteiger partial charge in [0.05, 0.1) is 25.7 Å². The fraction of sp³-hybridized carbons (Fsp3) is 0.474. The van der Waals surface area contributed by atoms with Crippen molar-refractivity contribution in [3.05, 3.63) is 35.6 Å². The zero-order valence-electron chi connectivity index (χ0n) is 16.1. The SMILES string of the molecule is COCCN1C(=O)C[C@@](CC(=O)N(C)CC(=O)OC)(c2ccccc2F)C1=O. The summed E-state index contributed by atoms with van der Waals surface area (Å²) in [5.74, 6) is -3.05. The molecule has 8 nitrogen and oxygen atoms in total. The van der Waals surface area contributed by atoms with E-state index in [-0.39, 0.29) is 31.7 Å². The minimum atomic E-state index is -1.67. The number of likely N-dealkylation sites (N-methyl/N-ethyl adjacent to an activating group) is 1. The minimum absolute atomic E-state index is 0.0105. The van der Waals surface area contributed by atoms with Crippen molar-refractivity contribution in [1.82, 2.24) is 9.80 Å². The highest BCUT2D eigenvalue weighted by atomic mass is 19.1. The van der Waals surface area contributed by atoms with Crippen LogP contribution in [0.15, 0.2) is 24.3 Å². The maximum absolute atomic E-state index is 14.6. The summed E-state index contributed by atoms with van der Waals surface area (Å²) in [5.41, 5.74) is -1.69. The topological polar surface area (TPSA) is 93.2 Å². The summed E-state index contributed by atoms with van der Waals surface area (Å²) in [7, 11) is 3.99. The fourth-order valence-corrected chi connectivity index (χ4v) is 3.24. The molecule has 1 aliphatic rings. The van der Waals surface area contributed by atoms with Crippen molar-refractivity contribution in [3.63, 3.8) is 0 Å². The van der Waals surface area contributed by atoms with Gasteiger partial charge in [0.1, 0.15) is 12.4 Å². The molecule has 1 atom stereocenters. The van der Waals surface area contributed by atoms with E-state index in [1.807, 2.05) is 0 Å². The summed E-state index contributed by atoms with van der Waals surface area (Å²) < 4.78 is 24.0. The zero-order chi connectivity index (χ0) is 20.9. The molecule has 0 unspecified atom stereocenters. The van der Waals surface area contributed by atoms with Gasteiger partial charge in [-0.2, -0.15) is 0 Å². The molecule has 1 aliphatic heterocycles. The van der Waals surface area contributed by atoms with Crippen LogP contribution >= 0.6 is 0 Å². The van der Waals surface area contributed by atoms with E-state index >= 15 is 0 Å². The van der Waals surface area contributed by atoms with Gasteiger partial charge in [0.15, 0.2) is 0 Å². The van der Waals surface area contributed by atoms with Gasteiger partial charge in [0.2, 0.25) is 17.7 Å². The molecule has 1 aromatic carbocycles.